The van der Waals surface area contributed by atoms with E-state index in [9.17, 15) is 14.0 Å². The van der Waals surface area contributed by atoms with E-state index in [1.54, 1.807) is 12.1 Å². The number of amides is 2. The second-order valence-electron chi connectivity index (χ2n) is 8.61. The van der Waals surface area contributed by atoms with Crippen molar-refractivity contribution in [2.24, 2.45) is 0 Å². The summed E-state index contributed by atoms with van der Waals surface area (Å²) in [5, 5.41) is 0. The second-order valence-corrected chi connectivity index (χ2v) is 8.61. The number of rotatable bonds is 6. The molecule has 0 N–H and O–H groups in total. The molecule has 1 saturated heterocycles. The minimum absolute atomic E-state index is 0.0736. The van der Waals surface area contributed by atoms with Gasteiger partial charge in [-0.1, -0.05) is 37.6 Å². The number of benzene rings is 2. The summed E-state index contributed by atoms with van der Waals surface area (Å²) in [5.41, 5.74) is 2.93. The van der Waals surface area contributed by atoms with Gasteiger partial charge in [-0.2, -0.15) is 0 Å². The van der Waals surface area contributed by atoms with Crippen LogP contribution >= 0.6 is 0 Å². The lowest BCUT2D eigenvalue weighted by Crippen LogP contribution is -2.47. The molecule has 2 aromatic rings. The van der Waals surface area contributed by atoms with Crippen LogP contribution in [0.3, 0.4) is 0 Å². The first-order chi connectivity index (χ1) is 15.4. The maximum Gasteiger partial charge on any atom is 0.282 e. The summed E-state index contributed by atoms with van der Waals surface area (Å²) >= 11 is 0. The van der Waals surface area contributed by atoms with Crippen LogP contribution in [0.15, 0.2) is 54.2 Å². The van der Waals surface area contributed by atoms with Crippen LogP contribution in [0, 0.1) is 5.82 Å². The van der Waals surface area contributed by atoms with Gasteiger partial charge in [0.15, 0.2) is 0 Å². The zero-order chi connectivity index (χ0) is 22.8. The summed E-state index contributed by atoms with van der Waals surface area (Å²) in [6.45, 7) is 7.07. The molecule has 2 unspecified atom stereocenters. The largest absolute Gasteiger partial charge is 0.372 e. The van der Waals surface area contributed by atoms with Crippen LogP contribution in [-0.2, 0) is 20.7 Å². The van der Waals surface area contributed by atoms with Crippen LogP contribution in [0.25, 0.3) is 5.57 Å². The summed E-state index contributed by atoms with van der Waals surface area (Å²) in [7, 11) is 0. The van der Waals surface area contributed by atoms with Gasteiger partial charge in [-0.25, -0.2) is 9.29 Å². The summed E-state index contributed by atoms with van der Waals surface area (Å²) < 4.78 is 19.4. The fourth-order valence-electron chi connectivity index (χ4n) is 4.48. The van der Waals surface area contributed by atoms with Crippen molar-refractivity contribution in [1.82, 2.24) is 4.90 Å². The number of hydrogen-bond acceptors (Lipinski definition) is 4. The molecule has 4 rings (SSSR count). The Morgan fingerprint density at radius 3 is 2.16 bits per heavy atom. The van der Waals surface area contributed by atoms with Gasteiger partial charge in [0, 0.05) is 13.1 Å². The number of hydrogen-bond donors (Lipinski definition) is 0. The lowest BCUT2D eigenvalue weighted by atomic mass is 10.0. The third kappa shape index (κ3) is 4.32. The minimum Gasteiger partial charge on any atom is -0.372 e. The number of ether oxygens (including phenoxy) is 1. The fourth-order valence-corrected chi connectivity index (χ4v) is 4.48. The Bertz CT molecular complexity index is 1020. The van der Waals surface area contributed by atoms with Crippen LogP contribution in [0.1, 0.15) is 44.7 Å². The molecule has 6 heteroatoms. The van der Waals surface area contributed by atoms with E-state index in [4.69, 9.17) is 4.74 Å². The summed E-state index contributed by atoms with van der Waals surface area (Å²) in [5.74, 6) is -1.12. The number of aryl methyl sites for hydroxylation is 1. The van der Waals surface area contributed by atoms with E-state index in [0.29, 0.717) is 35.6 Å². The van der Waals surface area contributed by atoms with E-state index in [2.05, 4.69) is 6.92 Å². The zero-order valence-electron chi connectivity index (χ0n) is 18.8. The van der Waals surface area contributed by atoms with Crippen LogP contribution < -0.4 is 4.90 Å². The van der Waals surface area contributed by atoms with Crippen molar-refractivity contribution in [3.05, 3.63) is 71.2 Å². The number of anilines is 1. The van der Waals surface area contributed by atoms with E-state index in [1.165, 1.54) is 22.6 Å². The average Bonchev–Trinajstić information content (AvgIpc) is 3.02. The van der Waals surface area contributed by atoms with Crippen LogP contribution in [0.4, 0.5) is 10.1 Å². The van der Waals surface area contributed by atoms with Gasteiger partial charge in [-0.05, 0) is 62.1 Å². The van der Waals surface area contributed by atoms with Gasteiger partial charge in [-0.3, -0.25) is 9.59 Å². The molecule has 0 spiro atoms. The van der Waals surface area contributed by atoms with Crippen LogP contribution in [-0.4, -0.2) is 42.0 Å². The molecule has 0 aromatic heterocycles. The third-order valence-corrected chi connectivity index (χ3v) is 5.94. The van der Waals surface area contributed by atoms with Gasteiger partial charge in [0.05, 0.1) is 23.5 Å². The van der Waals surface area contributed by atoms with Crippen molar-refractivity contribution in [3.8, 4) is 0 Å². The molecule has 0 radical (unpaired) electrons. The highest BCUT2D eigenvalue weighted by atomic mass is 19.1. The smallest absolute Gasteiger partial charge is 0.282 e. The quantitative estimate of drug-likeness (QED) is 0.623. The summed E-state index contributed by atoms with van der Waals surface area (Å²) in [6, 6.07) is 13.3. The molecule has 2 atom stereocenters. The Kier molecular flexibility index (Phi) is 6.42. The van der Waals surface area contributed by atoms with Crippen molar-refractivity contribution in [3.63, 3.8) is 0 Å². The Morgan fingerprint density at radius 2 is 1.56 bits per heavy atom. The molecular weight excluding hydrogens is 407 g/mol. The molecule has 168 valence electrons. The van der Waals surface area contributed by atoms with E-state index in [1.807, 2.05) is 43.0 Å². The highest BCUT2D eigenvalue weighted by molar-refractivity contribution is 6.45. The SMILES string of the molecule is CCCCc1ccc(N2C(=O)C(c3ccc(F)cc3)=C(N3CC(C)OC(C)C3)C2=O)cc1. The average molecular weight is 437 g/mol. The topological polar surface area (TPSA) is 49.9 Å². The maximum atomic E-state index is 13.6. The summed E-state index contributed by atoms with van der Waals surface area (Å²) in [6.07, 6.45) is 3.02. The lowest BCUT2D eigenvalue weighted by Gasteiger charge is -2.37. The van der Waals surface area contributed by atoms with Crippen molar-refractivity contribution in [2.45, 2.75) is 52.2 Å². The number of morpholine rings is 1. The third-order valence-electron chi connectivity index (χ3n) is 5.94. The fraction of sp³-hybridized carbons (Fsp3) is 0.385. The van der Waals surface area contributed by atoms with Gasteiger partial charge >= 0.3 is 0 Å². The normalized spacial score (nSPS) is 21.6. The molecule has 2 aliphatic rings. The molecule has 2 amide bonds. The van der Waals surface area contributed by atoms with Crippen LogP contribution in [0.5, 0.6) is 0 Å². The van der Waals surface area contributed by atoms with Crippen molar-refractivity contribution in [1.29, 1.82) is 0 Å². The molecule has 1 fully saturated rings. The van der Waals surface area contributed by atoms with Crippen molar-refractivity contribution >= 4 is 23.1 Å². The Labute approximate surface area is 188 Å². The molecule has 0 saturated carbocycles. The molecule has 2 aromatic carbocycles. The Balaban J connectivity index is 1.73. The Hall–Kier alpha value is -2.99. The van der Waals surface area contributed by atoms with Gasteiger partial charge < -0.3 is 9.64 Å². The van der Waals surface area contributed by atoms with E-state index in [0.717, 1.165) is 19.3 Å². The predicted octanol–water partition coefficient (Wildman–Crippen LogP) is 4.56. The molecule has 5 nitrogen and oxygen atoms in total. The monoisotopic (exact) mass is 436 g/mol. The first kappa shape index (κ1) is 22.2. The second kappa shape index (κ2) is 9.25. The highest BCUT2D eigenvalue weighted by Crippen LogP contribution is 2.36. The van der Waals surface area contributed by atoms with Crippen molar-refractivity contribution in [2.75, 3.05) is 18.0 Å². The lowest BCUT2D eigenvalue weighted by molar-refractivity contribution is -0.121. The van der Waals surface area contributed by atoms with Crippen LogP contribution in [0.2, 0.25) is 0 Å². The highest BCUT2D eigenvalue weighted by Gasteiger charge is 2.43. The number of halogens is 1. The molecular formula is C26H29FN2O3. The van der Waals surface area contributed by atoms with E-state index < -0.39 is 0 Å². The number of carbonyl (C=O) groups excluding carboxylic acids is 2. The number of unbranched alkanes of at least 4 members (excludes halogenated alkanes) is 1. The number of nitrogens with zero attached hydrogens (tertiary/aromatic N) is 2. The first-order valence-electron chi connectivity index (χ1n) is 11.3. The Morgan fingerprint density at radius 1 is 0.938 bits per heavy atom. The number of imide groups is 1. The summed E-state index contributed by atoms with van der Waals surface area (Å²) in [4.78, 5) is 30.4. The van der Waals surface area contributed by atoms with Gasteiger partial charge in [0.2, 0.25) is 0 Å². The predicted molar refractivity (Wildman–Crippen MR) is 122 cm³/mol. The standard InChI is InChI=1S/C26H29FN2O3/c1-4-5-6-19-7-13-22(14-8-19)29-25(30)23(20-9-11-21(27)12-10-20)24(26(29)31)28-15-17(2)32-18(3)16-28/h7-14,17-18H,4-6,15-16H2,1-3H3. The molecule has 0 aliphatic carbocycles. The van der Waals surface area contributed by atoms with Gasteiger partial charge in [-0.15, -0.1) is 0 Å². The van der Waals surface area contributed by atoms with Gasteiger partial charge in [0.25, 0.3) is 11.8 Å². The van der Waals surface area contributed by atoms with E-state index in [-0.39, 0.29) is 29.8 Å². The molecule has 2 aliphatic heterocycles. The first-order valence-corrected chi connectivity index (χ1v) is 11.3. The zero-order valence-corrected chi connectivity index (χ0v) is 18.8. The molecule has 0 bridgehead atoms. The molecule has 2 heterocycles. The van der Waals surface area contributed by atoms with E-state index >= 15 is 0 Å². The number of carbonyl (C=O) groups is 2. The maximum absolute atomic E-state index is 13.6. The van der Waals surface area contributed by atoms with Gasteiger partial charge in [0.1, 0.15) is 11.5 Å². The molecule has 32 heavy (non-hydrogen) atoms. The minimum atomic E-state index is -0.388. The van der Waals surface area contributed by atoms with Crippen molar-refractivity contribution < 1.29 is 18.7 Å².